The molecule has 0 atom stereocenters. The van der Waals surface area contributed by atoms with Gasteiger partial charge in [0.1, 0.15) is 11.5 Å². The van der Waals surface area contributed by atoms with Crippen LogP contribution in [0, 0.1) is 10.1 Å². The van der Waals surface area contributed by atoms with Crippen LogP contribution in [0.1, 0.15) is 11.1 Å². The van der Waals surface area contributed by atoms with Crippen molar-refractivity contribution in [3.05, 3.63) is 94.0 Å². The number of benzene rings is 3. The van der Waals surface area contributed by atoms with E-state index in [4.69, 9.17) is 9.47 Å². The molecule has 0 spiro atoms. The first-order valence-electron chi connectivity index (χ1n) is 9.07. The van der Waals surface area contributed by atoms with Gasteiger partial charge >= 0.3 is 0 Å². The zero-order valence-corrected chi connectivity index (χ0v) is 16.5. The summed E-state index contributed by atoms with van der Waals surface area (Å²) in [6.45, 7) is 0. The van der Waals surface area contributed by atoms with Crippen LogP contribution in [0.25, 0.3) is 11.6 Å². The van der Waals surface area contributed by atoms with Gasteiger partial charge in [0.25, 0.3) is 11.6 Å². The smallest absolute Gasteiger partial charge is 0.270 e. The van der Waals surface area contributed by atoms with Crippen LogP contribution in [0.15, 0.2) is 72.8 Å². The van der Waals surface area contributed by atoms with Gasteiger partial charge in [0.15, 0.2) is 0 Å². The maximum Gasteiger partial charge on any atom is 0.270 e. The maximum atomic E-state index is 13.2. The highest BCUT2D eigenvalue weighted by Crippen LogP contribution is 2.30. The van der Waals surface area contributed by atoms with Gasteiger partial charge in [0.05, 0.1) is 24.8 Å². The van der Waals surface area contributed by atoms with E-state index in [9.17, 15) is 14.9 Å². The van der Waals surface area contributed by atoms with E-state index in [1.165, 1.54) is 19.2 Å². The summed E-state index contributed by atoms with van der Waals surface area (Å²) in [6.07, 6.45) is 1.62. The largest absolute Gasteiger partial charge is 0.497 e. The number of rotatable bonds is 7. The maximum absolute atomic E-state index is 13.2. The summed E-state index contributed by atoms with van der Waals surface area (Å²) < 4.78 is 10.5. The van der Waals surface area contributed by atoms with Gasteiger partial charge in [-0.25, -0.2) is 0 Å². The van der Waals surface area contributed by atoms with E-state index in [0.717, 1.165) is 0 Å². The molecule has 0 fully saturated rings. The molecule has 0 bridgehead atoms. The number of ether oxygens (including phenoxy) is 2. The number of nitro benzene ring substituents is 1. The Hall–Kier alpha value is -4.13. The number of methoxy groups -OCH3 is 2. The Balaban J connectivity index is 2.00. The Morgan fingerprint density at radius 2 is 1.73 bits per heavy atom. The molecule has 3 aromatic rings. The van der Waals surface area contributed by atoms with Crippen molar-refractivity contribution in [1.29, 1.82) is 0 Å². The van der Waals surface area contributed by atoms with Gasteiger partial charge in [-0.2, -0.15) is 0 Å². The van der Waals surface area contributed by atoms with Crippen LogP contribution >= 0.6 is 0 Å². The Labute approximate surface area is 173 Å². The molecule has 1 N–H and O–H groups in total. The fraction of sp³-hybridized carbons (Fsp3) is 0.0870. The van der Waals surface area contributed by atoms with Crippen LogP contribution in [0.5, 0.6) is 11.5 Å². The second kappa shape index (κ2) is 9.38. The minimum Gasteiger partial charge on any atom is -0.497 e. The summed E-state index contributed by atoms with van der Waals surface area (Å²) in [4.78, 5) is 23.8. The van der Waals surface area contributed by atoms with E-state index < -0.39 is 4.92 Å². The lowest BCUT2D eigenvalue weighted by molar-refractivity contribution is -0.384. The average molecular weight is 404 g/mol. The summed E-state index contributed by atoms with van der Waals surface area (Å²) in [5, 5.41) is 13.9. The van der Waals surface area contributed by atoms with Crippen LogP contribution < -0.4 is 14.8 Å². The first kappa shape index (κ1) is 20.6. The summed E-state index contributed by atoms with van der Waals surface area (Å²) in [7, 11) is 3.05. The van der Waals surface area contributed by atoms with Crippen molar-refractivity contribution in [3.8, 4) is 11.5 Å². The molecule has 152 valence electrons. The minimum atomic E-state index is -0.470. The third-order valence-corrected chi connectivity index (χ3v) is 4.38. The van der Waals surface area contributed by atoms with Gasteiger partial charge in [-0.1, -0.05) is 42.5 Å². The topological polar surface area (TPSA) is 90.7 Å². The fourth-order valence-corrected chi connectivity index (χ4v) is 2.88. The number of nitro groups is 1. The first-order chi connectivity index (χ1) is 14.5. The second-order valence-corrected chi connectivity index (χ2v) is 6.30. The monoisotopic (exact) mass is 404 g/mol. The predicted molar refractivity (Wildman–Crippen MR) is 116 cm³/mol. The van der Waals surface area contributed by atoms with Crippen molar-refractivity contribution in [1.82, 2.24) is 0 Å². The molecule has 3 rings (SSSR count). The highest BCUT2D eigenvalue weighted by atomic mass is 16.6. The van der Waals surface area contributed by atoms with Gasteiger partial charge in [-0.3, -0.25) is 14.9 Å². The molecule has 0 aliphatic heterocycles. The predicted octanol–water partition coefficient (Wildman–Crippen LogP) is 4.79. The number of amides is 1. The van der Waals surface area contributed by atoms with Gasteiger partial charge in [-0.15, -0.1) is 0 Å². The van der Waals surface area contributed by atoms with Gasteiger partial charge in [0.2, 0.25) is 0 Å². The number of carbonyl (C=O) groups is 1. The zero-order chi connectivity index (χ0) is 21.5. The molecule has 0 aromatic heterocycles. The fourth-order valence-electron chi connectivity index (χ4n) is 2.88. The zero-order valence-electron chi connectivity index (χ0n) is 16.5. The number of anilines is 1. The van der Waals surface area contributed by atoms with Crippen molar-refractivity contribution >= 4 is 28.9 Å². The van der Waals surface area contributed by atoms with Crippen molar-refractivity contribution < 1.29 is 19.2 Å². The van der Waals surface area contributed by atoms with Crippen molar-refractivity contribution in [2.24, 2.45) is 0 Å². The molecule has 3 aromatic carbocycles. The molecule has 0 heterocycles. The summed E-state index contributed by atoms with van der Waals surface area (Å²) in [5.41, 5.74) is 2.00. The summed E-state index contributed by atoms with van der Waals surface area (Å²) in [6, 6.07) is 20.3. The third kappa shape index (κ3) is 4.82. The van der Waals surface area contributed by atoms with E-state index in [-0.39, 0.29) is 11.6 Å². The van der Waals surface area contributed by atoms with Crippen LogP contribution in [0.3, 0.4) is 0 Å². The molecule has 7 nitrogen and oxygen atoms in total. The minimum absolute atomic E-state index is 0.0478. The Kier molecular flexibility index (Phi) is 6.44. The molecule has 0 saturated heterocycles. The Morgan fingerprint density at radius 3 is 2.40 bits per heavy atom. The van der Waals surface area contributed by atoms with E-state index >= 15 is 0 Å². The van der Waals surface area contributed by atoms with Crippen molar-refractivity contribution in [2.45, 2.75) is 0 Å². The number of hydrogen-bond donors (Lipinski definition) is 1. The van der Waals surface area contributed by atoms with Crippen LogP contribution in [-0.4, -0.2) is 25.1 Å². The van der Waals surface area contributed by atoms with Crippen molar-refractivity contribution in [2.75, 3.05) is 19.5 Å². The molecular formula is C23H20N2O5. The normalized spacial score (nSPS) is 10.9. The van der Waals surface area contributed by atoms with Crippen LogP contribution in [0.2, 0.25) is 0 Å². The molecular weight excluding hydrogens is 384 g/mol. The standard InChI is InChI=1S/C23H20N2O5/c1-29-19-11-12-21(22(15-19)30-2)24-23(26)20(17-8-4-3-5-9-17)14-16-7-6-10-18(13-16)25(27)28/h3-15H,1-2H3,(H,24,26)/b20-14+. The lowest BCUT2D eigenvalue weighted by atomic mass is 10.0. The Bertz CT molecular complexity index is 1090. The van der Waals surface area contributed by atoms with Crippen LogP contribution in [0.4, 0.5) is 11.4 Å². The highest BCUT2D eigenvalue weighted by molar-refractivity contribution is 6.29. The molecule has 0 radical (unpaired) electrons. The lowest BCUT2D eigenvalue weighted by Gasteiger charge is -2.13. The molecule has 0 aliphatic carbocycles. The number of hydrogen-bond acceptors (Lipinski definition) is 5. The third-order valence-electron chi connectivity index (χ3n) is 4.38. The first-order valence-corrected chi connectivity index (χ1v) is 9.07. The number of carbonyl (C=O) groups excluding carboxylic acids is 1. The Morgan fingerprint density at radius 1 is 0.967 bits per heavy atom. The molecule has 30 heavy (non-hydrogen) atoms. The number of nitrogens with zero attached hydrogens (tertiary/aromatic N) is 1. The van der Waals surface area contributed by atoms with Crippen LogP contribution in [-0.2, 0) is 4.79 Å². The van der Waals surface area contributed by atoms with E-state index in [1.807, 2.05) is 18.2 Å². The average Bonchev–Trinajstić information content (AvgIpc) is 2.78. The van der Waals surface area contributed by atoms with E-state index in [1.54, 1.807) is 55.7 Å². The number of nitrogens with one attached hydrogen (secondary N) is 1. The van der Waals surface area contributed by atoms with E-state index in [2.05, 4.69) is 5.32 Å². The van der Waals surface area contributed by atoms with Gasteiger partial charge < -0.3 is 14.8 Å². The number of non-ortho nitro benzene ring substituents is 1. The molecule has 0 aliphatic rings. The molecule has 1 amide bonds. The second-order valence-electron chi connectivity index (χ2n) is 6.30. The molecule has 0 unspecified atom stereocenters. The highest BCUT2D eigenvalue weighted by Gasteiger charge is 2.16. The lowest BCUT2D eigenvalue weighted by Crippen LogP contribution is -2.14. The summed E-state index contributed by atoms with van der Waals surface area (Å²) in [5.74, 6) is 0.668. The molecule has 7 heteroatoms. The summed E-state index contributed by atoms with van der Waals surface area (Å²) >= 11 is 0. The molecule has 0 saturated carbocycles. The van der Waals surface area contributed by atoms with Crippen molar-refractivity contribution in [3.63, 3.8) is 0 Å². The quantitative estimate of drug-likeness (QED) is 0.265. The van der Waals surface area contributed by atoms with Gasteiger partial charge in [0, 0.05) is 23.8 Å². The van der Waals surface area contributed by atoms with E-state index in [0.29, 0.717) is 33.9 Å². The SMILES string of the molecule is COc1ccc(NC(=O)/C(=C/c2cccc([N+](=O)[O-])c2)c2ccccc2)c(OC)c1. The van der Waals surface area contributed by atoms with Gasteiger partial charge in [-0.05, 0) is 29.3 Å².